The number of nitrogen functional groups attached to an aromatic ring is 1. The quantitative estimate of drug-likeness (QED) is 0.783. The smallest absolute Gasteiger partial charge is 0.0962 e. The van der Waals surface area contributed by atoms with Gasteiger partial charge in [-0.3, -0.25) is 0 Å². The van der Waals surface area contributed by atoms with Gasteiger partial charge in [0.05, 0.1) is 14.9 Å². The molecule has 0 radical (unpaired) electrons. The third-order valence-electron chi connectivity index (χ3n) is 3.74. The van der Waals surface area contributed by atoms with Gasteiger partial charge in [0, 0.05) is 23.4 Å². The van der Waals surface area contributed by atoms with E-state index in [0.717, 1.165) is 10.4 Å². The average molecular weight is 293 g/mol. The van der Waals surface area contributed by atoms with Crippen LogP contribution < -0.4 is 5.73 Å². The average Bonchev–Trinajstić information content (AvgIpc) is 2.89. The maximum atomic E-state index is 6.26. The third-order valence-corrected chi connectivity index (χ3v) is 5.24. The summed E-state index contributed by atoms with van der Waals surface area (Å²) in [6, 6.07) is 5.67. The molecule has 19 heavy (non-hydrogen) atoms. The van der Waals surface area contributed by atoms with Gasteiger partial charge in [0.1, 0.15) is 0 Å². The maximum absolute atomic E-state index is 6.26. The Hall–Kier alpha value is -1.06. The van der Waals surface area contributed by atoms with E-state index in [2.05, 4.69) is 4.98 Å². The molecule has 0 spiro atoms. The summed E-state index contributed by atoms with van der Waals surface area (Å²) in [6.07, 6.45) is 8.56. The highest BCUT2D eigenvalue weighted by molar-refractivity contribution is 7.15. The first-order valence-electron chi connectivity index (χ1n) is 6.75. The minimum atomic E-state index is 0.653. The van der Waals surface area contributed by atoms with Crippen LogP contribution in [-0.4, -0.2) is 4.98 Å². The van der Waals surface area contributed by atoms with Crippen LogP contribution in [0.25, 0.3) is 10.4 Å². The largest absolute Gasteiger partial charge is 0.399 e. The molecule has 0 bridgehead atoms. The highest BCUT2D eigenvalue weighted by atomic mass is 35.5. The van der Waals surface area contributed by atoms with Crippen LogP contribution in [0.3, 0.4) is 0 Å². The van der Waals surface area contributed by atoms with Gasteiger partial charge in [0.25, 0.3) is 0 Å². The lowest BCUT2D eigenvalue weighted by Gasteiger charge is -2.18. The van der Waals surface area contributed by atoms with E-state index in [0.29, 0.717) is 16.6 Å². The van der Waals surface area contributed by atoms with Crippen molar-refractivity contribution in [3.63, 3.8) is 0 Å². The minimum Gasteiger partial charge on any atom is -0.399 e. The number of anilines is 1. The van der Waals surface area contributed by atoms with Crippen LogP contribution in [0.2, 0.25) is 5.02 Å². The van der Waals surface area contributed by atoms with Crippen molar-refractivity contribution in [2.24, 2.45) is 0 Å². The molecule has 1 aromatic carbocycles. The van der Waals surface area contributed by atoms with Crippen LogP contribution in [0.1, 0.15) is 43.0 Å². The topological polar surface area (TPSA) is 38.9 Å². The molecule has 4 heteroatoms. The molecule has 1 aliphatic rings. The molecule has 1 heterocycles. The van der Waals surface area contributed by atoms with Crippen molar-refractivity contribution >= 4 is 28.6 Å². The van der Waals surface area contributed by atoms with E-state index in [1.54, 1.807) is 17.4 Å². The zero-order valence-corrected chi connectivity index (χ0v) is 12.3. The lowest BCUT2D eigenvalue weighted by Crippen LogP contribution is -2.03. The summed E-state index contributed by atoms with van der Waals surface area (Å²) in [5.41, 5.74) is 7.47. The van der Waals surface area contributed by atoms with Gasteiger partial charge in [-0.2, -0.15) is 0 Å². The number of nitrogens with zero attached hydrogens (tertiary/aromatic N) is 1. The minimum absolute atomic E-state index is 0.653. The van der Waals surface area contributed by atoms with Crippen molar-refractivity contribution < 1.29 is 0 Å². The number of rotatable bonds is 2. The summed E-state index contributed by atoms with van der Waals surface area (Å²) < 4.78 is 0. The normalized spacial score (nSPS) is 16.7. The number of aromatic nitrogens is 1. The first kappa shape index (κ1) is 12.9. The Labute approximate surface area is 122 Å². The van der Waals surface area contributed by atoms with Crippen molar-refractivity contribution in [2.75, 3.05) is 5.73 Å². The Bertz CT molecular complexity index is 573. The van der Waals surface area contributed by atoms with Crippen molar-refractivity contribution in [3.05, 3.63) is 34.4 Å². The number of nitrogens with two attached hydrogens (primary N) is 1. The van der Waals surface area contributed by atoms with Crippen molar-refractivity contribution in [3.8, 4) is 10.4 Å². The van der Waals surface area contributed by atoms with Gasteiger partial charge >= 0.3 is 0 Å². The molecule has 0 saturated heterocycles. The highest BCUT2D eigenvalue weighted by Crippen LogP contribution is 2.39. The van der Waals surface area contributed by atoms with Crippen LogP contribution in [0.5, 0.6) is 0 Å². The summed E-state index contributed by atoms with van der Waals surface area (Å²) in [7, 11) is 0. The second-order valence-corrected chi connectivity index (χ2v) is 6.61. The Morgan fingerprint density at radius 3 is 2.74 bits per heavy atom. The molecule has 2 aromatic rings. The predicted molar refractivity (Wildman–Crippen MR) is 82.8 cm³/mol. The molecule has 0 amide bonds. The molecule has 0 aliphatic heterocycles. The van der Waals surface area contributed by atoms with Gasteiger partial charge in [0.15, 0.2) is 0 Å². The molecule has 3 rings (SSSR count). The van der Waals surface area contributed by atoms with E-state index in [1.165, 1.54) is 37.1 Å². The molecule has 100 valence electrons. The first-order valence-corrected chi connectivity index (χ1v) is 7.94. The van der Waals surface area contributed by atoms with Crippen LogP contribution >= 0.6 is 22.9 Å². The number of benzene rings is 1. The Kier molecular flexibility index (Phi) is 3.76. The fourth-order valence-corrected chi connectivity index (χ4v) is 4.15. The third kappa shape index (κ3) is 2.77. The summed E-state index contributed by atoms with van der Waals surface area (Å²) in [6.45, 7) is 0. The van der Waals surface area contributed by atoms with Gasteiger partial charge in [-0.1, -0.05) is 30.9 Å². The van der Waals surface area contributed by atoms with Gasteiger partial charge in [-0.15, -0.1) is 11.3 Å². The molecule has 0 unspecified atom stereocenters. The van der Waals surface area contributed by atoms with E-state index in [9.17, 15) is 0 Å². The maximum Gasteiger partial charge on any atom is 0.0962 e. The van der Waals surface area contributed by atoms with E-state index < -0.39 is 0 Å². The van der Waals surface area contributed by atoms with Gasteiger partial charge < -0.3 is 5.73 Å². The van der Waals surface area contributed by atoms with Crippen LogP contribution in [-0.2, 0) is 0 Å². The number of thiazole rings is 1. The van der Waals surface area contributed by atoms with E-state index in [1.807, 2.05) is 18.3 Å². The highest BCUT2D eigenvalue weighted by Gasteiger charge is 2.19. The van der Waals surface area contributed by atoms with E-state index in [4.69, 9.17) is 17.3 Å². The first-order chi connectivity index (χ1) is 9.24. The SMILES string of the molecule is Nc1ccc(-c2cnc(C3CCCCC3)s2)c(Cl)c1. The number of halogens is 1. The lowest BCUT2D eigenvalue weighted by molar-refractivity contribution is 0.442. The van der Waals surface area contributed by atoms with Crippen LogP contribution in [0.4, 0.5) is 5.69 Å². The summed E-state index contributed by atoms with van der Waals surface area (Å²) >= 11 is 8.03. The Balaban J connectivity index is 1.87. The number of hydrogen-bond donors (Lipinski definition) is 1. The zero-order valence-electron chi connectivity index (χ0n) is 10.7. The summed E-state index contributed by atoms with van der Waals surface area (Å²) in [4.78, 5) is 5.75. The number of hydrogen-bond acceptors (Lipinski definition) is 3. The molecule has 1 aromatic heterocycles. The summed E-state index contributed by atoms with van der Waals surface area (Å²) in [5, 5.41) is 1.97. The van der Waals surface area contributed by atoms with Gasteiger partial charge in [0.2, 0.25) is 0 Å². The standard InChI is InChI=1S/C15H17ClN2S/c16-13-8-11(17)6-7-12(13)14-9-18-15(19-14)10-4-2-1-3-5-10/h6-10H,1-5,17H2. The molecule has 2 N–H and O–H groups in total. The molecule has 1 fully saturated rings. The second-order valence-electron chi connectivity index (χ2n) is 5.14. The zero-order chi connectivity index (χ0) is 13.2. The summed E-state index contributed by atoms with van der Waals surface area (Å²) in [5.74, 6) is 0.653. The molecule has 2 nitrogen and oxygen atoms in total. The van der Waals surface area contributed by atoms with E-state index >= 15 is 0 Å². The molecular formula is C15H17ClN2S. The van der Waals surface area contributed by atoms with E-state index in [-0.39, 0.29) is 0 Å². The van der Waals surface area contributed by atoms with Crippen molar-refractivity contribution in [1.82, 2.24) is 4.98 Å². The fourth-order valence-electron chi connectivity index (χ4n) is 2.68. The molecule has 1 aliphatic carbocycles. The fraction of sp³-hybridized carbons (Fsp3) is 0.400. The monoisotopic (exact) mass is 292 g/mol. The predicted octanol–water partition coefficient (Wildman–Crippen LogP) is 5.09. The van der Waals surface area contributed by atoms with Crippen LogP contribution in [0.15, 0.2) is 24.4 Å². The Morgan fingerprint density at radius 2 is 2.00 bits per heavy atom. The van der Waals surface area contributed by atoms with Crippen molar-refractivity contribution in [1.29, 1.82) is 0 Å². The molecule has 1 saturated carbocycles. The van der Waals surface area contributed by atoms with Gasteiger partial charge in [-0.05, 0) is 31.0 Å². The van der Waals surface area contributed by atoms with Crippen LogP contribution in [0, 0.1) is 0 Å². The second kappa shape index (κ2) is 5.51. The van der Waals surface area contributed by atoms with Crippen molar-refractivity contribution in [2.45, 2.75) is 38.0 Å². The van der Waals surface area contributed by atoms with Gasteiger partial charge in [-0.25, -0.2) is 4.98 Å². The molecular weight excluding hydrogens is 276 g/mol. The Morgan fingerprint density at radius 1 is 1.21 bits per heavy atom. The lowest BCUT2D eigenvalue weighted by atomic mass is 9.90. The molecule has 0 atom stereocenters.